The largest absolute Gasteiger partial charge is 0.457 e. The predicted molar refractivity (Wildman–Crippen MR) is 205 cm³/mol. The number of aliphatic hydroxyl groups excluding tert-OH is 1. The quantitative estimate of drug-likeness (QED) is 0.0402. The number of carbonyl (C=O) groups excluding carboxylic acids is 1. The van der Waals surface area contributed by atoms with Gasteiger partial charge in [0.1, 0.15) is 6.10 Å². The summed E-state index contributed by atoms with van der Waals surface area (Å²) in [4.78, 5) is 12.2. The Morgan fingerprint density at radius 1 is 0.489 bits per heavy atom. The van der Waals surface area contributed by atoms with Gasteiger partial charge in [-0.3, -0.25) is 4.79 Å². The lowest BCUT2D eigenvalue weighted by Gasteiger charge is -2.15. The van der Waals surface area contributed by atoms with E-state index in [2.05, 4.69) is 26.0 Å². The molecule has 0 aromatic heterocycles. The van der Waals surface area contributed by atoms with Crippen molar-refractivity contribution in [3.63, 3.8) is 0 Å². The van der Waals surface area contributed by atoms with Gasteiger partial charge >= 0.3 is 5.97 Å². The van der Waals surface area contributed by atoms with E-state index in [9.17, 15) is 9.90 Å². The first-order valence-corrected chi connectivity index (χ1v) is 21.3. The average Bonchev–Trinajstić information content (AvgIpc) is 3.08. The molecule has 0 aromatic carbocycles. The number of carbonyl (C=O) groups is 1. The zero-order chi connectivity index (χ0) is 34.1. The number of allylic oxidation sites excluding steroid dienone is 2. The summed E-state index contributed by atoms with van der Waals surface area (Å²) in [5.41, 5.74) is 0. The molecule has 0 aromatic rings. The van der Waals surface area contributed by atoms with Gasteiger partial charge in [0.25, 0.3) is 0 Å². The molecule has 0 heterocycles. The molecular formula is C43H84O4. The fourth-order valence-corrected chi connectivity index (χ4v) is 6.39. The third kappa shape index (κ3) is 39.5. The molecule has 4 nitrogen and oxygen atoms in total. The SMILES string of the molecule is CCC/C=C\CCCCCCCCOCC(CO)OC(=O)CCCCCCCCCCCCCCCCCCCCCCCCCC. The van der Waals surface area contributed by atoms with Gasteiger partial charge in [-0.15, -0.1) is 0 Å². The van der Waals surface area contributed by atoms with Crippen LogP contribution < -0.4 is 0 Å². The van der Waals surface area contributed by atoms with Gasteiger partial charge in [-0.1, -0.05) is 206 Å². The fourth-order valence-electron chi connectivity index (χ4n) is 6.39. The molecule has 0 saturated carbocycles. The number of rotatable bonds is 40. The van der Waals surface area contributed by atoms with Gasteiger partial charge in [-0.05, 0) is 32.1 Å². The van der Waals surface area contributed by atoms with Gasteiger partial charge in [-0.2, -0.15) is 0 Å². The zero-order valence-electron chi connectivity index (χ0n) is 32.1. The summed E-state index contributed by atoms with van der Waals surface area (Å²) in [5.74, 6) is -0.198. The van der Waals surface area contributed by atoms with Crippen LogP contribution >= 0.6 is 0 Å². The molecular weight excluding hydrogens is 580 g/mol. The van der Waals surface area contributed by atoms with Gasteiger partial charge in [0.15, 0.2) is 0 Å². The minimum absolute atomic E-state index is 0.169. The molecule has 280 valence electrons. The van der Waals surface area contributed by atoms with Crippen molar-refractivity contribution in [2.75, 3.05) is 19.8 Å². The summed E-state index contributed by atoms with van der Waals surface area (Å²) in [6.45, 7) is 5.32. The van der Waals surface area contributed by atoms with Crippen LogP contribution in [-0.2, 0) is 14.3 Å². The summed E-state index contributed by atoms with van der Waals surface area (Å²) < 4.78 is 11.1. The van der Waals surface area contributed by atoms with Crippen LogP contribution in [0.4, 0.5) is 0 Å². The summed E-state index contributed by atoms with van der Waals surface area (Å²) in [6, 6.07) is 0. The van der Waals surface area contributed by atoms with E-state index in [1.165, 1.54) is 193 Å². The Morgan fingerprint density at radius 3 is 1.30 bits per heavy atom. The van der Waals surface area contributed by atoms with Gasteiger partial charge in [0.2, 0.25) is 0 Å². The van der Waals surface area contributed by atoms with Crippen LogP contribution in [0.1, 0.15) is 232 Å². The third-order valence-corrected chi connectivity index (χ3v) is 9.57. The minimum Gasteiger partial charge on any atom is -0.457 e. The molecule has 1 N–H and O–H groups in total. The number of esters is 1. The Morgan fingerprint density at radius 2 is 0.872 bits per heavy atom. The van der Waals surface area contributed by atoms with Crippen LogP contribution in [0.3, 0.4) is 0 Å². The van der Waals surface area contributed by atoms with Crippen molar-refractivity contribution in [2.45, 2.75) is 238 Å². The highest BCUT2D eigenvalue weighted by Gasteiger charge is 2.13. The minimum atomic E-state index is -0.530. The number of hydrogen-bond acceptors (Lipinski definition) is 4. The van der Waals surface area contributed by atoms with Gasteiger partial charge in [0.05, 0.1) is 13.2 Å². The van der Waals surface area contributed by atoms with E-state index < -0.39 is 6.10 Å². The molecule has 0 spiro atoms. The standard InChI is InChI=1S/C43H84O4/c1-3-5-7-9-11-13-15-16-17-18-19-20-21-22-23-24-25-26-27-28-30-32-34-36-38-43(45)47-42(40-44)41-46-39-37-35-33-31-29-14-12-10-8-6-4-2/h8,10,42,44H,3-7,9,11-41H2,1-2H3/b10-8-. The first kappa shape index (κ1) is 46.1. The van der Waals surface area contributed by atoms with E-state index in [0.717, 1.165) is 19.3 Å². The molecule has 0 aliphatic carbocycles. The molecule has 0 aliphatic rings. The number of hydrogen-bond donors (Lipinski definition) is 1. The highest BCUT2D eigenvalue weighted by atomic mass is 16.6. The fraction of sp³-hybridized carbons (Fsp3) is 0.930. The van der Waals surface area contributed by atoms with E-state index in [1.807, 2.05) is 0 Å². The van der Waals surface area contributed by atoms with Crippen molar-refractivity contribution in [3.05, 3.63) is 12.2 Å². The normalized spacial score (nSPS) is 12.3. The van der Waals surface area contributed by atoms with Crippen molar-refractivity contribution in [3.8, 4) is 0 Å². The Labute approximate surface area is 295 Å². The van der Waals surface area contributed by atoms with Crippen molar-refractivity contribution in [2.24, 2.45) is 0 Å². The van der Waals surface area contributed by atoms with E-state index >= 15 is 0 Å². The highest BCUT2D eigenvalue weighted by Crippen LogP contribution is 2.16. The lowest BCUT2D eigenvalue weighted by Crippen LogP contribution is -2.27. The van der Waals surface area contributed by atoms with Crippen LogP contribution in [0, 0.1) is 0 Å². The number of aliphatic hydroxyl groups is 1. The second-order valence-electron chi connectivity index (χ2n) is 14.4. The van der Waals surface area contributed by atoms with Gasteiger partial charge < -0.3 is 14.6 Å². The van der Waals surface area contributed by atoms with Gasteiger partial charge in [0, 0.05) is 13.0 Å². The molecule has 0 radical (unpaired) electrons. The first-order valence-electron chi connectivity index (χ1n) is 21.3. The Bertz CT molecular complexity index is 619. The van der Waals surface area contributed by atoms with Crippen LogP contribution in [0.25, 0.3) is 0 Å². The zero-order valence-corrected chi connectivity index (χ0v) is 32.1. The molecule has 0 saturated heterocycles. The molecule has 4 heteroatoms. The monoisotopic (exact) mass is 665 g/mol. The highest BCUT2D eigenvalue weighted by molar-refractivity contribution is 5.69. The maximum atomic E-state index is 12.2. The van der Waals surface area contributed by atoms with E-state index in [0.29, 0.717) is 19.6 Å². The summed E-state index contributed by atoms with van der Waals surface area (Å²) in [5, 5.41) is 9.57. The number of ether oxygens (including phenoxy) is 2. The molecule has 0 aliphatic heterocycles. The maximum absolute atomic E-state index is 12.2. The Kier molecular flexibility index (Phi) is 40.5. The van der Waals surface area contributed by atoms with Crippen LogP contribution in [0.5, 0.6) is 0 Å². The maximum Gasteiger partial charge on any atom is 0.306 e. The lowest BCUT2D eigenvalue weighted by atomic mass is 10.0. The Hall–Kier alpha value is -0.870. The first-order chi connectivity index (χ1) is 23.2. The number of unbranched alkanes of at least 4 members (excludes halogenated alkanes) is 30. The van der Waals surface area contributed by atoms with Crippen molar-refractivity contribution < 1.29 is 19.4 Å². The van der Waals surface area contributed by atoms with Crippen molar-refractivity contribution in [1.82, 2.24) is 0 Å². The van der Waals surface area contributed by atoms with E-state index in [4.69, 9.17) is 9.47 Å². The third-order valence-electron chi connectivity index (χ3n) is 9.57. The second-order valence-corrected chi connectivity index (χ2v) is 14.4. The predicted octanol–water partition coefficient (Wildman–Crippen LogP) is 13.8. The summed E-state index contributed by atoms with van der Waals surface area (Å²) >= 11 is 0. The van der Waals surface area contributed by atoms with Crippen molar-refractivity contribution in [1.29, 1.82) is 0 Å². The van der Waals surface area contributed by atoms with E-state index in [1.54, 1.807) is 0 Å². The van der Waals surface area contributed by atoms with Crippen molar-refractivity contribution >= 4 is 5.97 Å². The Balaban J connectivity index is 3.33. The molecule has 0 bridgehead atoms. The smallest absolute Gasteiger partial charge is 0.306 e. The van der Waals surface area contributed by atoms with E-state index in [-0.39, 0.29) is 12.6 Å². The molecule has 1 unspecified atom stereocenters. The molecule has 47 heavy (non-hydrogen) atoms. The average molecular weight is 665 g/mol. The topological polar surface area (TPSA) is 55.8 Å². The summed E-state index contributed by atoms with van der Waals surface area (Å²) in [6.07, 6.45) is 48.5. The molecule has 0 fully saturated rings. The van der Waals surface area contributed by atoms with Crippen LogP contribution in [0.2, 0.25) is 0 Å². The second kappa shape index (κ2) is 41.3. The van der Waals surface area contributed by atoms with Gasteiger partial charge in [-0.25, -0.2) is 0 Å². The van der Waals surface area contributed by atoms with Crippen LogP contribution in [-0.4, -0.2) is 37.0 Å². The molecule has 1 atom stereocenters. The molecule has 0 rings (SSSR count). The van der Waals surface area contributed by atoms with Crippen LogP contribution in [0.15, 0.2) is 12.2 Å². The summed E-state index contributed by atoms with van der Waals surface area (Å²) in [7, 11) is 0. The molecule has 0 amide bonds. The lowest BCUT2D eigenvalue weighted by molar-refractivity contribution is -0.154.